The molecule has 0 aliphatic heterocycles. The second-order valence-electron chi connectivity index (χ2n) is 6.49. The highest BCUT2D eigenvalue weighted by Gasteiger charge is 2.18. The minimum absolute atomic E-state index is 0.255. The molecule has 134 valence electrons. The molecule has 0 atom stereocenters. The molecule has 0 saturated heterocycles. The predicted molar refractivity (Wildman–Crippen MR) is 94.1 cm³/mol. The third-order valence-corrected chi connectivity index (χ3v) is 3.45. The molecule has 0 aliphatic carbocycles. The lowest BCUT2D eigenvalue weighted by molar-refractivity contribution is -0.157. The van der Waals surface area contributed by atoms with E-state index in [1.54, 1.807) is 45.0 Å². The second-order valence-corrected chi connectivity index (χ2v) is 6.92. The maximum absolute atomic E-state index is 14.4. The number of carbonyl (C=O) groups is 1. The fourth-order valence-electron chi connectivity index (χ4n) is 2.22. The number of aliphatic hydroxyl groups is 1. The van der Waals surface area contributed by atoms with Gasteiger partial charge in [-0.05, 0) is 50.6 Å². The molecule has 0 heterocycles. The highest BCUT2D eigenvalue weighted by molar-refractivity contribution is 6.31. The molecule has 0 aromatic heterocycles. The fraction of sp³-hybridized carbons (Fsp3) is 0.316. The molecule has 0 radical (unpaired) electrons. The first-order valence-corrected chi connectivity index (χ1v) is 8.11. The Balaban J connectivity index is 2.28. The Morgan fingerprint density at radius 1 is 1.16 bits per heavy atom. The van der Waals surface area contributed by atoms with Crippen molar-refractivity contribution < 1.29 is 23.8 Å². The molecular weight excluding hydrogens is 347 g/mol. The van der Waals surface area contributed by atoms with Crippen molar-refractivity contribution in [1.29, 1.82) is 0 Å². The van der Waals surface area contributed by atoms with Crippen LogP contribution in [0.15, 0.2) is 36.4 Å². The zero-order valence-corrected chi connectivity index (χ0v) is 15.1. The maximum Gasteiger partial charge on any atom is 0.344 e. The van der Waals surface area contributed by atoms with E-state index in [4.69, 9.17) is 26.2 Å². The number of esters is 1. The van der Waals surface area contributed by atoms with Gasteiger partial charge >= 0.3 is 5.97 Å². The van der Waals surface area contributed by atoms with Crippen molar-refractivity contribution >= 4 is 17.6 Å². The van der Waals surface area contributed by atoms with E-state index in [0.29, 0.717) is 21.9 Å². The molecule has 0 spiro atoms. The smallest absolute Gasteiger partial charge is 0.344 e. The summed E-state index contributed by atoms with van der Waals surface area (Å²) in [6.07, 6.45) is 0. The van der Waals surface area contributed by atoms with Gasteiger partial charge in [0.2, 0.25) is 0 Å². The van der Waals surface area contributed by atoms with Crippen molar-refractivity contribution in [2.24, 2.45) is 0 Å². The van der Waals surface area contributed by atoms with E-state index in [1.165, 1.54) is 12.1 Å². The van der Waals surface area contributed by atoms with E-state index in [2.05, 4.69) is 0 Å². The molecule has 1 N–H and O–H groups in total. The molecule has 6 heteroatoms. The normalized spacial score (nSPS) is 11.3. The van der Waals surface area contributed by atoms with Crippen LogP contribution in [0.25, 0.3) is 11.1 Å². The average Bonchev–Trinajstić information content (AvgIpc) is 2.52. The number of rotatable bonds is 5. The minimum atomic E-state index is -0.616. The third kappa shape index (κ3) is 5.44. The topological polar surface area (TPSA) is 55.8 Å². The van der Waals surface area contributed by atoms with Crippen LogP contribution in [-0.4, -0.2) is 23.3 Å². The van der Waals surface area contributed by atoms with Gasteiger partial charge in [-0.3, -0.25) is 0 Å². The first kappa shape index (κ1) is 19.2. The van der Waals surface area contributed by atoms with Crippen molar-refractivity contribution in [3.05, 3.63) is 52.8 Å². The summed E-state index contributed by atoms with van der Waals surface area (Å²) in [7, 11) is 0. The molecule has 4 nitrogen and oxygen atoms in total. The average molecular weight is 367 g/mol. The monoisotopic (exact) mass is 366 g/mol. The van der Waals surface area contributed by atoms with Crippen LogP contribution in [0.4, 0.5) is 4.39 Å². The van der Waals surface area contributed by atoms with E-state index in [9.17, 15) is 9.18 Å². The summed E-state index contributed by atoms with van der Waals surface area (Å²) in [5.41, 5.74) is 0.520. The third-order valence-electron chi connectivity index (χ3n) is 3.21. The molecule has 0 fully saturated rings. The van der Waals surface area contributed by atoms with Gasteiger partial charge in [0.1, 0.15) is 17.2 Å². The van der Waals surface area contributed by atoms with Gasteiger partial charge in [0.15, 0.2) is 6.61 Å². The SMILES string of the molecule is CC(C)(C)OC(=O)COc1ccc(Cl)cc1-c1ccc(CO)cc1F. The van der Waals surface area contributed by atoms with Crippen molar-refractivity contribution in [3.8, 4) is 16.9 Å². The summed E-state index contributed by atoms with van der Waals surface area (Å²) in [4.78, 5) is 11.8. The standard InChI is InChI=1S/C19H20ClFO4/c1-19(2,3)25-18(23)11-24-17-7-5-13(20)9-15(17)14-6-4-12(10-22)8-16(14)21/h4-9,22H,10-11H2,1-3H3. The van der Waals surface area contributed by atoms with E-state index in [-0.39, 0.29) is 18.8 Å². The van der Waals surface area contributed by atoms with Crippen LogP contribution in [0, 0.1) is 5.82 Å². The minimum Gasteiger partial charge on any atom is -0.481 e. The van der Waals surface area contributed by atoms with Crippen LogP contribution < -0.4 is 4.74 Å². The van der Waals surface area contributed by atoms with Gasteiger partial charge < -0.3 is 14.6 Å². The Morgan fingerprint density at radius 2 is 1.88 bits per heavy atom. The summed E-state index contributed by atoms with van der Waals surface area (Å²) in [5, 5.41) is 9.50. The number of carbonyl (C=O) groups excluding carboxylic acids is 1. The van der Waals surface area contributed by atoms with Crippen LogP contribution >= 0.6 is 11.6 Å². The van der Waals surface area contributed by atoms with E-state index in [0.717, 1.165) is 0 Å². The predicted octanol–water partition coefficient (Wildman–Crippen LogP) is 4.36. The number of hydrogen-bond donors (Lipinski definition) is 1. The highest BCUT2D eigenvalue weighted by atomic mass is 35.5. The zero-order valence-electron chi connectivity index (χ0n) is 14.3. The van der Waals surface area contributed by atoms with E-state index in [1.807, 2.05) is 0 Å². The van der Waals surface area contributed by atoms with Gasteiger partial charge in [0.05, 0.1) is 6.61 Å². The summed E-state index contributed by atoms with van der Waals surface area (Å²) in [6.45, 7) is 4.72. The molecule has 2 aromatic rings. The Morgan fingerprint density at radius 3 is 2.48 bits per heavy atom. The summed E-state index contributed by atoms with van der Waals surface area (Å²) in [6, 6.07) is 9.11. The second kappa shape index (κ2) is 7.85. The summed E-state index contributed by atoms with van der Waals surface area (Å²) >= 11 is 6.02. The Hall–Kier alpha value is -2.11. The maximum atomic E-state index is 14.4. The number of aliphatic hydroxyl groups excluding tert-OH is 1. The number of ether oxygens (including phenoxy) is 2. The molecule has 0 aliphatic rings. The Labute approximate surface area is 151 Å². The lowest BCUT2D eigenvalue weighted by Gasteiger charge is -2.20. The van der Waals surface area contributed by atoms with Gasteiger partial charge in [-0.1, -0.05) is 23.7 Å². The van der Waals surface area contributed by atoms with Crippen LogP contribution in [0.3, 0.4) is 0 Å². The molecule has 0 amide bonds. The molecule has 0 unspecified atom stereocenters. The van der Waals surface area contributed by atoms with Crippen molar-refractivity contribution in [3.63, 3.8) is 0 Å². The molecule has 2 aromatic carbocycles. The lowest BCUT2D eigenvalue weighted by atomic mass is 10.0. The van der Waals surface area contributed by atoms with Crippen molar-refractivity contribution in [2.75, 3.05) is 6.61 Å². The molecular formula is C19H20ClFO4. The number of halogens is 2. The van der Waals surface area contributed by atoms with Gasteiger partial charge in [-0.25, -0.2) is 9.18 Å². The molecule has 0 bridgehead atoms. The number of hydrogen-bond acceptors (Lipinski definition) is 4. The number of benzene rings is 2. The van der Waals surface area contributed by atoms with Gasteiger partial charge in [0, 0.05) is 16.1 Å². The molecule has 2 rings (SSSR count). The first-order valence-electron chi connectivity index (χ1n) is 7.73. The van der Waals surface area contributed by atoms with Crippen LogP contribution in [0.5, 0.6) is 5.75 Å². The van der Waals surface area contributed by atoms with Gasteiger partial charge in [-0.15, -0.1) is 0 Å². The fourth-order valence-corrected chi connectivity index (χ4v) is 2.39. The quantitative estimate of drug-likeness (QED) is 0.799. The summed E-state index contributed by atoms with van der Waals surface area (Å²) < 4.78 is 25.1. The molecule has 25 heavy (non-hydrogen) atoms. The molecule has 0 saturated carbocycles. The first-order chi connectivity index (χ1) is 11.7. The lowest BCUT2D eigenvalue weighted by Crippen LogP contribution is -2.27. The van der Waals surface area contributed by atoms with Crippen molar-refractivity contribution in [2.45, 2.75) is 33.0 Å². The van der Waals surface area contributed by atoms with E-state index < -0.39 is 17.4 Å². The summed E-state index contributed by atoms with van der Waals surface area (Å²) in [5.74, 6) is -0.730. The van der Waals surface area contributed by atoms with Crippen molar-refractivity contribution in [1.82, 2.24) is 0 Å². The zero-order chi connectivity index (χ0) is 18.6. The van der Waals surface area contributed by atoms with Crippen LogP contribution in [0.1, 0.15) is 26.3 Å². The Bertz CT molecular complexity index is 769. The van der Waals surface area contributed by atoms with E-state index >= 15 is 0 Å². The van der Waals surface area contributed by atoms with Gasteiger partial charge in [-0.2, -0.15) is 0 Å². The van der Waals surface area contributed by atoms with Crippen LogP contribution in [0.2, 0.25) is 5.02 Å². The van der Waals surface area contributed by atoms with Crippen LogP contribution in [-0.2, 0) is 16.1 Å². The largest absolute Gasteiger partial charge is 0.481 e. The van der Waals surface area contributed by atoms with Gasteiger partial charge in [0.25, 0.3) is 0 Å². The Kier molecular flexibility index (Phi) is 6.03. The highest BCUT2D eigenvalue weighted by Crippen LogP contribution is 2.34.